The van der Waals surface area contributed by atoms with Gasteiger partial charge >= 0.3 is 0 Å². The van der Waals surface area contributed by atoms with Crippen LogP contribution in [0.4, 0.5) is 5.69 Å². The number of halogens is 3. The van der Waals surface area contributed by atoms with Crippen LogP contribution < -0.4 is 9.62 Å². The van der Waals surface area contributed by atoms with Gasteiger partial charge in [0, 0.05) is 28.5 Å². The van der Waals surface area contributed by atoms with Gasteiger partial charge < -0.3 is 10.2 Å². The second kappa shape index (κ2) is 14.9. The highest BCUT2D eigenvalue weighted by Crippen LogP contribution is 2.33. The van der Waals surface area contributed by atoms with Crippen LogP contribution in [0, 0.1) is 6.92 Å². The Balaban J connectivity index is 1.84. The number of benzene rings is 4. The molecule has 46 heavy (non-hydrogen) atoms. The molecular formula is C35H36Cl3N3O4S. The van der Waals surface area contributed by atoms with Crippen molar-refractivity contribution in [3.05, 3.63) is 129 Å². The second-order valence-electron chi connectivity index (χ2n) is 12.0. The molecule has 4 rings (SSSR count). The maximum Gasteiger partial charge on any atom is 0.264 e. The predicted molar refractivity (Wildman–Crippen MR) is 186 cm³/mol. The van der Waals surface area contributed by atoms with E-state index in [0.717, 1.165) is 15.4 Å². The molecule has 0 fully saturated rings. The molecule has 4 aromatic rings. The maximum atomic E-state index is 14.6. The standard InChI is InChI=1S/C35H36Cl3N3O4S/c1-24-10-17-29(18-11-24)46(44,45)41(31-21-28(37)16-19-30(31)38)23-33(42)40(22-26-12-14-27(36)15-13-26)32(34(43)39-35(2,3)4)20-25-8-6-5-7-9-25/h5-19,21,32H,20,22-23H2,1-4H3,(H,39,43)/t32-/m1/s1. The SMILES string of the molecule is Cc1ccc(S(=O)(=O)N(CC(=O)N(Cc2ccc(Cl)cc2)[C@H](Cc2ccccc2)C(=O)NC(C)(C)C)c2cc(Cl)ccc2Cl)cc1. The minimum Gasteiger partial charge on any atom is -0.350 e. The van der Waals surface area contributed by atoms with E-state index in [1.54, 1.807) is 36.4 Å². The van der Waals surface area contributed by atoms with Crippen molar-refractivity contribution in [2.75, 3.05) is 10.8 Å². The van der Waals surface area contributed by atoms with Crippen molar-refractivity contribution in [1.29, 1.82) is 0 Å². The first-order valence-corrected chi connectivity index (χ1v) is 17.2. The summed E-state index contributed by atoms with van der Waals surface area (Å²) in [5.74, 6) is -1.00. The molecule has 0 heterocycles. The van der Waals surface area contributed by atoms with E-state index in [4.69, 9.17) is 34.8 Å². The smallest absolute Gasteiger partial charge is 0.264 e. The van der Waals surface area contributed by atoms with Crippen LogP contribution in [0.5, 0.6) is 0 Å². The number of carbonyl (C=O) groups excluding carboxylic acids is 2. The van der Waals surface area contributed by atoms with Gasteiger partial charge in [0.15, 0.2) is 0 Å². The van der Waals surface area contributed by atoms with Crippen molar-refractivity contribution in [3.8, 4) is 0 Å². The molecule has 0 radical (unpaired) electrons. The van der Waals surface area contributed by atoms with Gasteiger partial charge in [0.1, 0.15) is 12.6 Å². The van der Waals surface area contributed by atoms with E-state index in [0.29, 0.717) is 10.6 Å². The predicted octanol–water partition coefficient (Wildman–Crippen LogP) is 7.71. The molecule has 1 N–H and O–H groups in total. The average Bonchev–Trinajstić information content (AvgIpc) is 2.99. The number of hydrogen-bond acceptors (Lipinski definition) is 4. The Bertz CT molecular complexity index is 1780. The number of aryl methyl sites for hydroxylation is 1. The molecule has 0 spiro atoms. The molecule has 1 atom stereocenters. The van der Waals surface area contributed by atoms with Crippen molar-refractivity contribution >= 4 is 62.3 Å². The summed E-state index contributed by atoms with van der Waals surface area (Å²) in [5, 5.41) is 3.84. The summed E-state index contributed by atoms with van der Waals surface area (Å²) in [6, 6.07) is 26.0. The molecule has 4 aromatic carbocycles. The van der Waals surface area contributed by atoms with Gasteiger partial charge in [-0.2, -0.15) is 0 Å². The van der Waals surface area contributed by atoms with Gasteiger partial charge in [-0.1, -0.05) is 95.0 Å². The van der Waals surface area contributed by atoms with Gasteiger partial charge in [-0.25, -0.2) is 8.42 Å². The quantitative estimate of drug-likeness (QED) is 0.174. The highest BCUT2D eigenvalue weighted by Gasteiger charge is 2.36. The summed E-state index contributed by atoms with van der Waals surface area (Å²) in [4.78, 5) is 29.9. The fourth-order valence-corrected chi connectivity index (χ4v) is 6.81. The van der Waals surface area contributed by atoms with Crippen LogP contribution in [0.1, 0.15) is 37.5 Å². The summed E-state index contributed by atoms with van der Waals surface area (Å²) in [6.07, 6.45) is 0.185. The third kappa shape index (κ3) is 9.26. The number of carbonyl (C=O) groups is 2. The lowest BCUT2D eigenvalue weighted by atomic mass is 10.0. The minimum atomic E-state index is -4.33. The number of amides is 2. The highest BCUT2D eigenvalue weighted by molar-refractivity contribution is 7.92. The number of hydrogen-bond donors (Lipinski definition) is 1. The molecule has 0 aliphatic carbocycles. The first kappa shape index (κ1) is 35.3. The molecule has 0 aliphatic rings. The number of rotatable bonds is 11. The Morgan fingerprint density at radius 3 is 2.02 bits per heavy atom. The molecule has 0 bridgehead atoms. The normalized spacial score (nSPS) is 12.3. The van der Waals surface area contributed by atoms with Crippen LogP contribution in [0.25, 0.3) is 0 Å². The molecule has 242 valence electrons. The van der Waals surface area contributed by atoms with E-state index in [9.17, 15) is 18.0 Å². The average molecular weight is 701 g/mol. The van der Waals surface area contributed by atoms with E-state index in [1.807, 2.05) is 58.0 Å². The van der Waals surface area contributed by atoms with Gasteiger partial charge in [0.05, 0.1) is 15.6 Å². The molecule has 0 aromatic heterocycles. The second-order valence-corrected chi connectivity index (χ2v) is 15.2. The highest BCUT2D eigenvalue weighted by atomic mass is 35.5. The van der Waals surface area contributed by atoms with Crippen LogP contribution in [0.15, 0.2) is 102 Å². The number of anilines is 1. The Kier molecular flexibility index (Phi) is 11.4. The monoisotopic (exact) mass is 699 g/mol. The Hall–Kier alpha value is -3.56. The van der Waals surface area contributed by atoms with Crippen LogP contribution >= 0.6 is 34.8 Å². The molecule has 2 amide bonds. The van der Waals surface area contributed by atoms with Gasteiger partial charge in [0.25, 0.3) is 10.0 Å². The van der Waals surface area contributed by atoms with Gasteiger partial charge in [0.2, 0.25) is 11.8 Å². The fourth-order valence-electron chi connectivity index (χ4n) is 4.82. The van der Waals surface area contributed by atoms with Gasteiger partial charge in [-0.05, 0) is 81.3 Å². The number of nitrogens with zero attached hydrogens (tertiary/aromatic N) is 2. The number of nitrogens with one attached hydrogen (secondary N) is 1. The van der Waals surface area contributed by atoms with Crippen LogP contribution in [-0.4, -0.2) is 43.3 Å². The third-order valence-corrected chi connectivity index (χ3v) is 9.68. The molecule has 0 unspecified atom stereocenters. The zero-order valence-corrected chi connectivity index (χ0v) is 29.1. The summed E-state index contributed by atoms with van der Waals surface area (Å²) >= 11 is 19.0. The van der Waals surface area contributed by atoms with E-state index < -0.39 is 34.1 Å². The lowest BCUT2D eigenvalue weighted by Gasteiger charge is -2.35. The summed E-state index contributed by atoms with van der Waals surface area (Å²) in [7, 11) is -4.33. The van der Waals surface area contributed by atoms with Crippen LogP contribution in [-0.2, 0) is 32.6 Å². The Labute approximate surface area is 286 Å². The van der Waals surface area contributed by atoms with Crippen molar-refractivity contribution in [1.82, 2.24) is 10.2 Å². The zero-order chi connectivity index (χ0) is 33.6. The summed E-state index contributed by atoms with van der Waals surface area (Å²) in [6.45, 7) is 6.76. The van der Waals surface area contributed by atoms with Gasteiger partial charge in [-0.3, -0.25) is 13.9 Å². The molecular weight excluding hydrogens is 665 g/mol. The number of sulfonamides is 1. The Morgan fingerprint density at radius 2 is 1.41 bits per heavy atom. The lowest BCUT2D eigenvalue weighted by Crippen LogP contribution is -2.56. The molecule has 0 aliphatic heterocycles. The zero-order valence-electron chi connectivity index (χ0n) is 26.0. The largest absolute Gasteiger partial charge is 0.350 e. The first-order chi connectivity index (χ1) is 21.6. The van der Waals surface area contributed by atoms with Crippen molar-refractivity contribution in [2.24, 2.45) is 0 Å². The molecule has 11 heteroatoms. The van der Waals surface area contributed by atoms with E-state index in [2.05, 4.69) is 5.32 Å². The van der Waals surface area contributed by atoms with E-state index in [-0.39, 0.29) is 39.5 Å². The lowest BCUT2D eigenvalue weighted by molar-refractivity contribution is -0.140. The van der Waals surface area contributed by atoms with Crippen LogP contribution in [0.3, 0.4) is 0 Å². The van der Waals surface area contributed by atoms with Crippen molar-refractivity contribution < 1.29 is 18.0 Å². The fraction of sp³-hybridized carbons (Fsp3) is 0.257. The summed E-state index contributed by atoms with van der Waals surface area (Å²) in [5.41, 5.74) is 1.83. The van der Waals surface area contributed by atoms with Gasteiger partial charge in [-0.15, -0.1) is 0 Å². The first-order valence-electron chi connectivity index (χ1n) is 14.6. The third-order valence-electron chi connectivity index (χ3n) is 7.10. The van der Waals surface area contributed by atoms with E-state index >= 15 is 0 Å². The van der Waals surface area contributed by atoms with Crippen molar-refractivity contribution in [3.63, 3.8) is 0 Å². The topological polar surface area (TPSA) is 86.8 Å². The minimum absolute atomic E-state index is 0.00671. The van der Waals surface area contributed by atoms with Crippen LogP contribution in [0.2, 0.25) is 15.1 Å². The molecule has 7 nitrogen and oxygen atoms in total. The maximum absolute atomic E-state index is 14.6. The summed E-state index contributed by atoms with van der Waals surface area (Å²) < 4.78 is 29.4. The molecule has 0 saturated carbocycles. The van der Waals surface area contributed by atoms with Crippen molar-refractivity contribution in [2.45, 2.75) is 57.1 Å². The van der Waals surface area contributed by atoms with E-state index in [1.165, 1.54) is 35.2 Å². The molecule has 0 saturated heterocycles. The Morgan fingerprint density at radius 1 is 0.804 bits per heavy atom.